The van der Waals surface area contributed by atoms with Crippen molar-refractivity contribution < 1.29 is 18.7 Å². The van der Waals surface area contributed by atoms with Gasteiger partial charge in [-0.3, -0.25) is 9.59 Å². The SMILES string of the molecule is Cc1ccc(Oc2cnn(-c3ccc(F)cc3)c(=O)c2Nc2cccc(C(=O)NC[C@@H]3CCCO3)c2)cc1. The van der Waals surface area contributed by atoms with Crippen LogP contribution in [0.4, 0.5) is 15.8 Å². The molecule has 4 aromatic rings. The lowest BCUT2D eigenvalue weighted by atomic mass is 10.1. The van der Waals surface area contributed by atoms with E-state index in [2.05, 4.69) is 15.7 Å². The first-order chi connectivity index (χ1) is 18.5. The first-order valence-electron chi connectivity index (χ1n) is 12.4. The summed E-state index contributed by atoms with van der Waals surface area (Å²) in [6, 6.07) is 19.7. The lowest BCUT2D eigenvalue weighted by Crippen LogP contribution is -2.31. The molecule has 5 rings (SSSR count). The average molecular weight is 515 g/mol. The van der Waals surface area contributed by atoms with Crippen molar-refractivity contribution in [1.29, 1.82) is 0 Å². The normalized spacial score (nSPS) is 14.7. The van der Waals surface area contributed by atoms with Crippen LogP contribution in [0.5, 0.6) is 11.5 Å². The standard InChI is InChI=1S/C29H27FN4O4/c1-19-7-13-24(14-8-19)38-26-18-32-34(23-11-9-21(30)10-12-23)29(36)27(26)33-22-5-2-4-20(16-22)28(35)31-17-25-6-3-15-37-25/h2,4-5,7-14,16,18,25,33H,3,6,15,17H2,1H3,(H,31,35)/t25-/m0/s1. The van der Waals surface area contributed by atoms with Crippen molar-refractivity contribution in [3.05, 3.63) is 106 Å². The molecule has 1 fully saturated rings. The van der Waals surface area contributed by atoms with E-state index in [0.717, 1.165) is 23.1 Å². The summed E-state index contributed by atoms with van der Waals surface area (Å²) >= 11 is 0. The lowest BCUT2D eigenvalue weighted by Gasteiger charge is -2.15. The number of aryl methyl sites for hydroxylation is 1. The second kappa shape index (κ2) is 11.3. The van der Waals surface area contributed by atoms with Gasteiger partial charge in [0.05, 0.1) is 18.0 Å². The third-order valence-corrected chi connectivity index (χ3v) is 6.17. The molecule has 3 aromatic carbocycles. The summed E-state index contributed by atoms with van der Waals surface area (Å²) in [6.07, 6.45) is 3.37. The van der Waals surface area contributed by atoms with Gasteiger partial charge in [0.1, 0.15) is 11.6 Å². The number of benzene rings is 3. The van der Waals surface area contributed by atoms with E-state index in [4.69, 9.17) is 9.47 Å². The number of nitrogens with zero attached hydrogens (tertiary/aromatic N) is 2. The highest BCUT2D eigenvalue weighted by atomic mass is 19.1. The maximum Gasteiger partial charge on any atom is 0.299 e. The molecule has 1 amide bonds. The van der Waals surface area contributed by atoms with Gasteiger partial charge in [-0.05, 0) is 74.4 Å². The zero-order valence-electron chi connectivity index (χ0n) is 20.8. The number of halogens is 1. The summed E-state index contributed by atoms with van der Waals surface area (Å²) in [7, 11) is 0. The fourth-order valence-corrected chi connectivity index (χ4v) is 4.13. The molecule has 0 saturated carbocycles. The number of carbonyl (C=O) groups excluding carboxylic acids is 1. The molecule has 1 saturated heterocycles. The molecule has 9 heteroatoms. The largest absolute Gasteiger partial charge is 0.453 e. The van der Waals surface area contributed by atoms with E-state index in [0.29, 0.717) is 35.8 Å². The first kappa shape index (κ1) is 25.2. The van der Waals surface area contributed by atoms with E-state index in [1.807, 2.05) is 19.1 Å². The Hall–Kier alpha value is -4.50. The minimum Gasteiger partial charge on any atom is -0.453 e. The molecule has 1 atom stereocenters. The number of ether oxygens (including phenoxy) is 2. The summed E-state index contributed by atoms with van der Waals surface area (Å²) < 4.78 is 26.2. The van der Waals surface area contributed by atoms with Gasteiger partial charge in [0.2, 0.25) is 0 Å². The Morgan fingerprint density at radius 1 is 1.13 bits per heavy atom. The van der Waals surface area contributed by atoms with Gasteiger partial charge in [0.15, 0.2) is 11.4 Å². The fourth-order valence-electron chi connectivity index (χ4n) is 4.13. The Kier molecular flexibility index (Phi) is 7.46. The summed E-state index contributed by atoms with van der Waals surface area (Å²) in [5, 5.41) is 10.3. The Balaban J connectivity index is 1.45. The van der Waals surface area contributed by atoms with Crippen LogP contribution >= 0.6 is 0 Å². The van der Waals surface area contributed by atoms with Crippen LogP contribution in [0.25, 0.3) is 5.69 Å². The molecular weight excluding hydrogens is 487 g/mol. The zero-order chi connectivity index (χ0) is 26.5. The zero-order valence-corrected chi connectivity index (χ0v) is 20.8. The smallest absolute Gasteiger partial charge is 0.299 e. The van der Waals surface area contributed by atoms with Crippen molar-refractivity contribution in [2.45, 2.75) is 25.9 Å². The highest BCUT2D eigenvalue weighted by Crippen LogP contribution is 2.29. The molecule has 8 nitrogen and oxygen atoms in total. The van der Waals surface area contributed by atoms with Gasteiger partial charge in [-0.1, -0.05) is 23.8 Å². The Bertz CT molecular complexity index is 1480. The van der Waals surface area contributed by atoms with E-state index in [-0.39, 0.29) is 23.4 Å². The molecule has 0 bridgehead atoms. The molecule has 0 unspecified atom stereocenters. The molecule has 2 N–H and O–H groups in total. The van der Waals surface area contributed by atoms with Crippen molar-refractivity contribution in [2.75, 3.05) is 18.5 Å². The van der Waals surface area contributed by atoms with Crippen LogP contribution in [0.15, 0.2) is 83.8 Å². The maximum atomic E-state index is 13.6. The predicted molar refractivity (Wildman–Crippen MR) is 142 cm³/mol. The maximum absolute atomic E-state index is 13.6. The van der Waals surface area contributed by atoms with E-state index >= 15 is 0 Å². The number of aromatic nitrogens is 2. The van der Waals surface area contributed by atoms with Gasteiger partial charge in [-0.25, -0.2) is 4.39 Å². The third kappa shape index (κ3) is 5.90. The number of carbonyl (C=O) groups is 1. The van der Waals surface area contributed by atoms with Crippen LogP contribution in [0.3, 0.4) is 0 Å². The van der Waals surface area contributed by atoms with Gasteiger partial charge in [-0.15, -0.1) is 0 Å². The molecule has 1 aromatic heterocycles. The average Bonchev–Trinajstić information content (AvgIpc) is 3.45. The van der Waals surface area contributed by atoms with Crippen LogP contribution in [-0.4, -0.2) is 34.9 Å². The fraction of sp³-hybridized carbons (Fsp3) is 0.207. The summed E-state index contributed by atoms with van der Waals surface area (Å²) in [5.41, 5.74) is 2.01. The molecule has 2 heterocycles. The van der Waals surface area contributed by atoms with Gasteiger partial charge in [0.25, 0.3) is 11.5 Å². The Morgan fingerprint density at radius 2 is 1.92 bits per heavy atom. The molecule has 0 aliphatic carbocycles. The number of nitrogens with one attached hydrogen (secondary N) is 2. The van der Waals surface area contributed by atoms with Crippen molar-refractivity contribution in [3.63, 3.8) is 0 Å². The number of hydrogen-bond acceptors (Lipinski definition) is 6. The number of rotatable bonds is 8. The second-order valence-electron chi connectivity index (χ2n) is 9.04. The van der Waals surface area contributed by atoms with Crippen molar-refractivity contribution in [2.24, 2.45) is 0 Å². The monoisotopic (exact) mass is 514 g/mol. The van der Waals surface area contributed by atoms with E-state index in [1.54, 1.807) is 36.4 Å². The Morgan fingerprint density at radius 3 is 2.66 bits per heavy atom. The predicted octanol–water partition coefficient (Wildman–Crippen LogP) is 5.12. The van der Waals surface area contributed by atoms with Crippen LogP contribution in [0, 0.1) is 12.7 Å². The molecular formula is C29H27FN4O4. The van der Waals surface area contributed by atoms with Gasteiger partial charge in [-0.2, -0.15) is 9.78 Å². The number of amides is 1. The highest BCUT2D eigenvalue weighted by Gasteiger charge is 2.18. The van der Waals surface area contributed by atoms with E-state index in [1.165, 1.54) is 30.5 Å². The molecule has 1 aliphatic heterocycles. The molecule has 38 heavy (non-hydrogen) atoms. The third-order valence-electron chi connectivity index (χ3n) is 6.17. The Labute approximate surface area is 219 Å². The molecule has 194 valence electrons. The summed E-state index contributed by atoms with van der Waals surface area (Å²) in [6.45, 7) is 3.12. The van der Waals surface area contributed by atoms with Crippen LogP contribution in [0.1, 0.15) is 28.8 Å². The summed E-state index contributed by atoms with van der Waals surface area (Å²) in [4.78, 5) is 26.3. The van der Waals surface area contributed by atoms with Crippen molar-refractivity contribution in [3.8, 4) is 17.2 Å². The molecule has 0 radical (unpaired) electrons. The van der Waals surface area contributed by atoms with Crippen LogP contribution in [-0.2, 0) is 4.74 Å². The minimum atomic E-state index is -0.505. The second-order valence-corrected chi connectivity index (χ2v) is 9.04. The van der Waals surface area contributed by atoms with Crippen LogP contribution in [0.2, 0.25) is 0 Å². The summed E-state index contributed by atoms with van der Waals surface area (Å²) in [5.74, 6) is 0.0693. The first-order valence-corrected chi connectivity index (χ1v) is 12.4. The minimum absolute atomic E-state index is 0.0310. The highest BCUT2D eigenvalue weighted by molar-refractivity contribution is 5.95. The lowest BCUT2D eigenvalue weighted by molar-refractivity contribution is 0.0858. The quantitative estimate of drug-likeness (QED) is 0.339. The van der Waals surface area contributed by atoms with E-state index < -0.39 is 11.4 Å². The van der Waals surface area contributed by atoms with Crippen molar-refractivity contribution in [1.82, 2.24) is 15.1 Å². The molecule has 0 spiro atoms. The van der Waals surface area contributed by atoms with Crippen molar-refractivity contribution >= 4 is 17.3 Å². The number of hydrogen-bond donors (Lipinski definition) is 2. The van der Waals surface area contributed by atoms with Crippen LogP contribution < -0.4 is 20.9 Å². The van der Waals surface area contributed by atoms with Gasteiger partial charge >= 0.3 is 0 Å². The van der Waals surface area contributed by atoms with E-state index in [9.17, 15) is 14.0 Å². The van der Waals surface area contributed by atoms with Gasteiger partial charge < -0.3 is 20.1 Å². The van der Waals surface area contributed by atoms with Gasteiger partial charge in [0, 0.05) is 24.4 Å². The molecule has 1 aliphatic rings. The number of anilines is 2. The topological polar surface area (TPSA) is 94.5 Å².